The van der Waals surface area contributed by atoms with Gasteiger partial charge in [-0.2, -0.15) is 0 Å². The zero-order valence-corrected chi connectivity index (χ0v) is 7.91. The molecular weight excluding hydrogens is 162 g/mol. The average molecular weight is 175 g/mol. The predicted molar refractivity (Wildman–Crippen MR) is 52.0 cm³/mol. The SMILES string of the molecule is CC#CCC(O)c1ccc(C)nc1. The van der Waals surface area contributed by atoms with E-state index in [4.69, 9.17) is 0 Å². The van der Waals surface area contributed by atoms with E-state index in [1.165, 1.54) is 0 Å². The molecule has 0 spiro atoms. The van der Waals surface area contributed by atoms with Gasteiger partial charge < -0.3 is 5.11 Å². The third kappa shape index (κ3) is 2.89. The number of aliphatic hydroxyl groups is 1. The number of rotatable bonds is 2. The van der Waals surface area contributed by atoms with Crippen LogP contribution in [0.4, 0.5) is 0 Å². The smallest absolute Gasteiger partial charge is 0.0914 e. The van der Waals surface area contributed by atoms with Gasteiger partial charge in [0, 0.05) is 18.3 Å². The summed E-state index contributed by atoms with van der Waals surface area (Å²) in [6.45, 7) is 3.68. The van der Waals surface area contributed by atoms with E-state index in [0.29, 0.717) is 6.42 Å². The maximum atomic E-state index is 9.60. The Balaban J connectivity index is 2.69. The molecule has 13 heavy (non-hydrogen) atoms. The fourth-order valence-electron chi connectivity index (χ4n) is 0.993. The van der Waals surface area contributed by atoms with Crippen molar-refractivity contribution in [3.05, 3.63) is 29.6 Å². The molecule has 0 radical (unpaired) electrons. The van der Waals surface area contributed by atoms with Gasteiger partial charge in [-0.3, -0.25) is 4.98 Å². The summed E-state index contributed by atoms with van der Waals surface area (Å²) in [6, 6.07) is 3.77. The monoisotopic (exact) mass is 175 g/mol. The normalized spacial score (nSPS) is 11.6. The molecule has 2 heteroatoms. The number of aromatic nitrogens is 1. The van der Waals surface area contributed by atoms with E-state index >= 15 is 0 Å². The largest absolute Gasteiger partial charge is 0.387 e. The van der Waals surface area contributed by atoms with E-state index < -0.39 is 6.10 Å². The molecule has 0 bridgehead atoms. The van der Waals surface area contributed by atoms with E-state index in [0.717, 1.165) is 11.3 Å². The lowest BCUT2D eigenvalue weighted by atomic mass is 10.1. The number of aryl methyl sites for hydroxylation is 1. The van der Waals surface area contributed by atoms with Gasteiger partial charge in [0.15, 0.2) is 0 Å². The van der Waals surface area contributed by atoms with Crippen molar-refractivity contribution in [1.29, 1.82) is 0 Å². The molecule has 0 aromatic carbocycles. The molecule has 0 amide bonds. The molecule has 1 aromatic heterocycles. The maximum Gasteiger partial charge on any atom is 0.0914 e. The molecule has 1 unspecified atom stereocenters. The molecule has 0 aliphatic heterocycles. The van der Waals surface area contributed by atoms with Crippen molar-refractivity contribution in [2.24, 2.45) is 0 Å². The Morgan fingerprint density at radius 1 is 1.54 bits per heavy atom. The standard InChI is InChI=1S/C11H13NO/c1-3-4-5-11(13)10-7-6-9(2)12-8-10/h6-8,11,13H,5H2,1-2H3. The maximum absolute atomic E-state index is 9.60. The summed E-state index contributed by atoms with van der Waals surface area (Å²) in [6.07, 6.45) is 1.65. The van der Waals surface area contributed by atoms with Gasteiger partial charge in [-0.15, -0.1) is 11.8 Å². The van der Waals surface area contributed by atoms with Crippen LogP contribution in [0.3, 0.4) is 0 Å². The molecule has 1 aromatic rings. The van der Waals surface area contributed by atoms with Crippen LogP contribution in [0.2, 0.25) is 0 Å². The van der Waals surface area contributed by atoms with Gasteiger partial charge in [0.2, 0.25) is 0 Å². The van der Waals surface area contributed by atoms with Gasteiger partial charge in [-0.05, 0) is 25.5 Å². The van der Waals surface area contributed by atoms with Crippen LogP contribution < -0.4 is 0 Å². The number of nitrogens with zero attached hydrogens (tertiary/aromatic N) is 1. The van der Waals surface area contributed by atoms with Gasteiger partial charge in [0.05, 0.1) is 6.10 Å². The molecule has 0 saturated heterocycles. The van der Waals surface area contributed by atoms with E-state index in [1.807, 2.05) is 19.1 Å². The van der Waals surface area contributed by atoms with Crippen molar-refractivity contribution in [2.75, 3.05) is 0 Å². The van der Waals surface area contributed by atoms with E-state index in [9.17, 15) is 5.11 Å². The zero-order valence-electron chi connectivity index (χ0n) is 7.91. The number of hydrogen-bond donors (Lipinski definition) is 1. The van der Waals surface area contributed by atoms with Gasteiger partial charge in [0.1, 0.15) is 0 Å². The summed E-state index contributed by atoms with van der Waals surface area (Å²) in [7, 11) is 0. The van der Waals surface area contributed by atoms with Crippen molar-refractivity contribution in [1.82, 2.24) is 4.98 Å². The Morgan fingerprint density at radius 3 is 2.85 bits per heavy atom. The Hall–Kier alpha value is -1.33. The number of aliphatic hydroxyl groups excluding tert-OH is 1. The summed E-state index contributed by atoms with van der Waals surface area (Å²) in [5, 5.41) is 9.60. The predicted octanol–water partition coefficient (Wildman–Crippen LogP) is 1.84. The minimum Gasteiger partial charge on any atom is -0.387 e. The molecule has 1 atom stereocenters. The lowest BCUT2D eigenvalue weighted by Gasteiger charge is -2.06. The van der Waals surface area contributed by atoms with Crippen LogP contribution >= 0.6 is 0 Å². The molecule has 1 heterocycles. The van der Waals surface area contributed by atoms with Gasteiger partial charge in [-0.25, -0.2) is 0 Å². The third-order valence-corrected chi connectivity index (χ3v) is 1.79. The zero-order chi connectivity index (χ0) is 9.68. The van der Waals surface area contributed by atoms with E-state index in [1.54, 1.807) is 13.1 Å². The Kier molecular flexibility index (Phi) is 3.48. The summed E-state index contributed by atoms with van der Waals surface area (Å²) >= 11 is 0. The summed E-state index contributed by atoms with van der Waals surface area (Å²) < 4.78 is 0. The van der Waals surface area contributed by atoms with Crippen LogP contribution in [0.25, 0.3) is 0 Å². The second-order valence-electron chi connectivity index (χ2n) is 2.88. The quantitative estimate of drug-likeness (QED) is 0.696. The number of pyridine rings is 1. The molecule has 1 rings (SSSR count). The van der Waals surface area contributed by atoms with Crippen LogP contribution in [0.15, 0.2) is 18.3 Å². The fourth-order valence-corrected chi connectivity index (χ4v) is 0.993. The van der Waals surface area contributed by atoms with Gasteiger partial charge in [0.25, 0.3) is 0 Å². The summed E-state index contributed by atoms with van der Waals surface area (Å²) in [5.41, 5.74) is 1.78. The van der Waals surface area contributed by atoms with Crippen molar-refractivity contribution in [3.63, 3.8) is 0 Å². The van der Waals surface area contributed by atoms with Gasteiger partial charge >= 0.3 is 0 Å². The topological polar surface area (TPSA) is 33.1 Å². The third-order valence-electron chi connectivity index (χ3n) is 1.79. The van der Waals surface area contributed by atoms with Crippen LogP contribution in [0.5, 0.6) is 0 Å². The minimum absolute atomic E-state index is 0.473. The lowest BCUT2D eigenvalue weighted by Crippen LogP contribution is -1.96. The molecule has 1 N–H and O–H groups in total. The van der Waals surface area contributed by atoms with Crippen LogP contribution in [0, 0.1) is 18.8 Å². The number of hydrogen-bond acceptors (Lipinski definition) is 2. The van der Waals surface area contributed by atoms with E-state index in [-0.39, 0.29) is 0 Å². The molecule has 2 nitrogen and oxygen atoms in total. The first kappa shape index (κ1) is 9.76. The summed E-state index contributed by atoms with van der Waals surface area (Å²) in [4.78, 5) is 4.10. The average Bonchev–Trinajstić information content (AvgIpc) is 2.15. The first-order valence-electron chi connectivity index (χ1n) is 4.24. The highest BCUT2D eigenvalue weighted by molar-refractivity contribution is 5.17. The first-order valence-corrected chi connectivity index (χ1v) is 4.24. The molecule has 68 valence electrons. The minimum atomic E-state index is -0.513. The molecule has 0 aliphatic carbocycles. The highest BCUT2D eigenvalue weighted by Gasteiger charge is 2.04. The molecule has 0 saturated carbocycles. The highest BCUT2D eigenvalue weighted by Crippen LogP contribution is 2.14. The lowest BCUT2D eigenvalue weighted by molar-refractivity contribution is 0.183. The van der Waals surface area contributed by atoms with Gasteiger partial charge in [-0.1, -0.05) is 6.07 Å². The van der Waals surface area contributed by atoms with Crippen molar-refractivity contribution in [3.8, 4) is 11.8 Å². The van der Waals surface area contributed by atoms with Crippen molar-refractivity contribution < 1.29 is 5.11 Å². The van der Waals surface area contributed by atoms with Crippen LogP contribution in [0.1, 0.15) is 30.7 Å². The molecular formula is C11H13NO. The Morgan fingerprint density at radius 2 is 2.31 bits per heavy atom. The molecule has 0 aliphatic rings. The Labute approximate surface area is 78.6 Å². The fraction of sp³-hybridized carbons (Fsp3) is 0.364. The van der Waals surface area contributed by atoms with Crippen molar-refractivity contribution in [2.45, 2.75) is 26.4 Å². The van der Waals surface area contributed by atoms with Crippen molar-refractivity contribution >= 4 is 0 Å². The highest BCUT2D eigenvalue weighted by atomic mass is 16.3. The second kappa shape index (κ2) is 4.64. The first-order chi connectivity index (χ1) is 6.24. The molecule has 0 fully saturated rings. The van der Waals surface area contributed by atoms with Crippen LogP contribution in [-0.4, -0.2) is 10.1 Å². The second-order valence-corrected chi connectivity index (χ2v) is 2.88. The summed E-state index contributed by atoms with van der Waals surface area (Å²) in [5.74, 6) is 5.58. The Bertz CT molecular complexity index is 318. The van der Waals surface area contributed by atoms with E-state index in [2.05, 4.69) is 16.8 Å². The van der Waals surface area contributed by atoms with Crippen LogP contribution in [-0.2, 0) is 0 Å².